The zero-order valence-corrected chi connectivity index (χ0v) is 14.1. The van der Waals surface area contributed by atoms with E-state index in [1.54, 1.807) is 0 Å². The van der Waals surface area contributed by atoms with Gasteiger partial charge in [-0.3, -0.25) is 0 Å². The summed E-state index contributed by atoms with van der Waals surface area (Å²) < 4.78 is 0.939. The lowest BCUT2D eigenvalue weighted by molar-refractivity contribution is 0.949. The number of nitrogens with one attached hydrogen (secondary N) is 1. The van der Waals surface area contributed by atoms with E-state index in [0.717, 1.165) is 21.7 Å². The van der Waals surface area contributed by atoms with Gasteiger partial charge < -0.3 is 10.2 Å². The minimum absolute atomic E-state index is 0.745. The van der Waals surface area contributed by atoms with E-state index in [4.69, 9.17) is 11.6 Å². The van der Waals surface area contributed by atoms with Crippen molar-refractivity contribution in [3.8, 4) is 0 Å². The number of rotatable bonds is 4. The van der Waals surface area contributed by atoms with Crippen molar-refractivity contribution < 1.29 is 0 Å². The number of hydrogen-bond acceptors (Lipinski definition) is 2. The lowest BCUT2D eigenvalue weighted by Gasteiger charge is -2.18. The van der Waals surface area contributed by atoms with E-state index in [2.05, 4.69) is 56.5 Å². The third kappa shape index (κ3) is 3.72. The summed E-state index contributed by atoms with van der Waals surface area (Å²) in [6.45, 7) is 3.14. The second-order valence-electron chi connectivity index (χ2n) is 5.35. The normalized spacial score (nSPS) is 14.5. The van der Waals surface area contributed by atoms with Crippen LogP contribution in [0.25, 0.3) is 0 Å². The van der Waals surface area contributed by atoms with Crippen LogP contribution in [0.5, 0.6) is 0 Å². The average Bonchev–Trinajstić information content (AvgIpc) is 3.03. The van der Waals surface area contributed by atoms with Gasteiger partial charge in [-0.2, -0.15) is 0 Å². The summed E-state index contributed by atoms with van der Waals surface area (Å²) in [6, 6.07) is 14.7. The standard InChI is InChI=1S/C17H18BrClN2/c18-16-10-13(6-7-17(16)19)12-20-14-4-3-5-15(11-14)21-8-1-2-9-21/h3-7,10-11,20H,1-2,8-9,12H2. The molecule has 1 fully saturated rings. The van der Waals surface area contributed by atoms with Crippen molar-refractivity contribution in [2.24, 2.45) is 0 Å². The highest BCUT2D eigenvalue weighted by Gasteiger charge is 2.12. The number of benzene rings is 2. The van der Waals surface area contributed by atoms with Crippen LogP contribution in [-0.2, 0) is 6.54 Å². The largest absolute Gasteiger partial charge is 0.381 e. The second-order valence-corrected chi connectivity index (χ2v) is 6.61. The topological polar surface area (TPSA) is 15.3 Å². The quantitative estimate of drug-likeness (QED) is 0.789. The molecule has 0 aromatic heterocycles. The maximum atomic E-state index is 6.02. The van der Waals surface area contributed by atoms with Crippen molar-refractivity contribution in [2.75, 3.05) is 23.3 Å². The van der Waals surface area contributed by atoms with Crippen molar-refractivity contribution >= 4 is 38.9 Å². The van der Waals surface area contributed by atoms with Gasteiger partial charge >= 0.3 is 0 Å². The molecule has 1 heterocycles. The van der Waals surface area contributed by atoms with Crippen molar-refractivity contribution in [1.29, 1.82) is 0 Å². The molecule has 21 heavy (non-hydrogen) atoms. The zero-order chi connectivity index (χ0) is 14.7. The Hall–Kier alpha value is -1.19. The van der Waals surface area contributed by atoms with Gasteiger partial charge in [0.05, 0.1) is 5.02 Å². The maximum absolute atomic E-state index is 6.02. The van der Waals surface area contributed by atoms with Crippen LogP contribution in [0, 0.1) is 0 Å². The Morgan fingerprint density at radius 2 is 1.90 bits per heavy atom. The molecule has 0 saturated carbocycles. The third-order valence-electron chi connectivity index (χ3n) is 3.80. The van der Waals surface area contributed by atoms with E-state index in [9.17, 15) is 0 Å². The Morgan fingerprint density at radius 3 is 2.67 bits per heavy atom. The molecule has 1 N–H and O–H groups in total. The zero-order valence-electron chi connectivity index (χ0n) is 11.8. The Balaban J connectivity index is 1.67. The van der Waals surface area contributed by atoms with Crippen LogP contribution >= 0.6 is 27.5 Å². The molecule has 2 aromatic rings. The summed E-state index contributed by atoms with van der Waals surface area (Å²) in [7, 11) is 0. The van der Waals surface area contributed by atoms with Crippen molar-refractivity contribution in [1.82, 2.24) is 0 Å². The first-order valence-corrected chi connectivity index (χ1v) is 8.42. The molecule has 4 heteroatoms. The molecule has 0 atom stereocenters. The van der Waals surface area contributed by atoms with Crippen LogP contribution in [0.15, 0.2) is 46.9 Å². The third-order valence-corrected chi connectivity index (χ3v) is 5.01. The minimum Gasteiger partial charge on any atom is -0.381 e. The van der Waals surface area contributed by atoms with Crippen molar-refractivity contribution in [3.63, 3.8) is 0 Å². The lowest BCUT2D eigenvalue weighted by atomic mass is 10.2. The molecule has 3 rings (SSSR count). The van der Waals surface area contributed by atoms with E-state index >= 15 is 0 Å². The highest BCUT2D eigenvalue weighted by molar-refractivity contribution is 9.10. The summed E-state index contributed by atoms with van der Waals surface area (Å²) in [5.74, 6) is 0. The molecule has 2 aromatic carbocycles. The van der Waals surface area contributed by atoms with E-state index in [-0.39, 0.29) is 0 Å². The molecular formula is C17H18BrClN2. The van der Waals surface area contributed by atoms with Crippen LogP contribution < -0.4 is 10.2 Å². The van der Waals surface area contributed by atoms with E-state index in [1.165, 1.54) is 37.2 Å². The first-order chi connectivity index (χ1) is 10.2. The van der Waals surface area contributed by atoms with Gasteiger partial charge in [0.1, 0.15) is 0 Å². The molecule has 0 aliphatic carbocycles. The van der Waals surface area contributed by atoms with Gasteiger partial charge in [-0.1, -0.05) is 23.7 Å². The van der Waals surface area contributed by atoms with Gasteiger partial charge in [0.2, 0.25) is 0 Å². The number of halogens is 2. The molecule has 0 bridgehead atoms. The fraction of sp³-hybridized carbons (Fsp3) is 0.294. The molecule has 0 radical (unpaired) electrons. The highest BCUT2D eigenvalue weighted by atomic mass is 79.9. The fourth-order valence-electron chi connectivity index (χ4n) is 2.64. The molecule has 0 unspecified atom stereocenters. The summed E-state index contributed by atoms with van der Waals surface area (Å²) in [4.78, 5) is 2.45. The molecule has 110 valence electrons. The van der Waals surface area contributed by atoms with E-state index in [1.807, 2.05) is 12.1 Å². The van der Waals surface area contributed by atoms with Crippen LogP contribution in [-0.4, -0.2) is 13.1 Å². The van der Waals surface area contributed by atoms with E-state index in [0.29, 0.717) is 0 Å². The predicted molar refractivity (Wildman–Crippen MR) is 94.4 cm³/mol. The molecular weight excluding hydrogens is 348 g/mol. The maximum Gasteiger partial charge on any atom is 0.0548 e. The molecule has 0 spiro atoms. The van der Waals surface area contributed by atoms with Gasteiger partial charge in [0.15, 0.2) is 0 Å². The summed E-state index contributed by atoms with van der Waals surface area (Å²) >= 11 is 9.48. The first kappa shape index (κ1) is 14.7. The Bertz CT molecular complexity index is 624. The minimum atomic E-state index is 0.745. The average molecular weight is 366 g/mol. The monoisotopic (exact) mass is 364 g/mol. The summed E-state index contributed by atoms with van der Waals surface area (Å²) in [5.41, 5.74) is 3.68. The Labute approximate surface area is 139 Å². The van der Waals surface area contributed by atoms with E-state index < -0.39 is 0 Å². The molecule has 0 amide bonds. The van der Waals surface area contributed by atoms with Gasteiger partial charge in [0.25, 0.3) is 0 Å². The Morgan fingerprint density at radius 1 is 1.10 bits per heavy atom. The second kappa shape index (κ2) is 6.71. The van der Waals surface area contributed by atoms with Gasteiger partial charge in [-0.15, -0.1) is 0 Å². The molecule has 1 saturated heterocycles. The summed E-state index contributed by atoms with van der Waals surface area (Å²) in [6.07, 6.45) is 2.60. The van der Waals surface area contributed by atoms with Gasteiger partial charge in [0, 0.05) is 35.5 Å². The predicted octanol–water partition coefficient (Wildman–Crippen LogP) is 5.31. The first-order valence-electron chi connectivity index (χ1n) is 7.25. The number of nitrogens with zero attached hydrogens (tertiary/aromatic N) is 1. The Kier molecular flexibility index (Phi) is 4.71. The van der Waals surface area contributed by atoms with Crippen LogP contribution in [0.4, 0.5) is 11.4 Å². The number of anilines is 2. The van der Waals surface area contributed by atoms with Crippen LogP contribution in [0.3, 0.4) is 0 Å². The fourth-order valence-corrected chi connectivity index (χ4v) is 3.19. The van der Waals surface area contributed by atoms with Gasteiger partial charge in [-0.25, -0.2) is 0 Å². The smallest absolute Gasteiger partial charge is 0.0548 e. The summed E-state index contributed by atoms with van der Waals surface area (Å²) in [5, 5.41) is 4.23. The van der Waals surface area contributed by atoms with Gasteiger partial charge in [-0.05, 0) is 64.7 Å². The van der Waals surface area contributed by atoms with Crippen LogP contribution in [0.2, 0.25) is 5.02 Å². The lowest BCUT2D eigenvalue weighted by Crippen LogP contribution is -2.17. The van der Waals surface area contributed by atoms with Crippen molar-refractivity contribution in [3.05, 3.63) is 57.5 Å². The van der Waals surface area contributed by atoms with Crippen LogP contribution in [0.1, 0.15) is 18.4 Å². The molecule has 1 aliphatic rings. The molecule has 2 nitrogen and oxygen atoms in total. The molecule has 1 aliphatic heterocycles. The van der Waals surface area contributed by atoms with Crippen molar-refractivity contribution in [2.45, 2.75) is 19.4 Å². The SMILES string of the molecule is Clc1ccc(CNc2cccc(N3CCCC3)c2)cc1Br. The number of hydrogen-bond donors (Lipinski definition) is 1. The highest BCUT2D eigenvalue weighted by Crippen LogP contribution is 2.25.